The molecule has 1 rings (SSSR count). The summed E-state index contributed by atoms with van der Waals surface area (Å²) in [6.45, 7) is 1.62. The lowest BCUT2D eigenvalue weighted by Gasteiger charge is -2.28. The van der Waals surface area contributed by atoms with Crippen LogP contribution in [0.25, 0.3) is 0 Å². The van der Waals surface area contributed by atoms with E-state index in [0.717, 1.165) is 0 Å². The van der Waals surface area contributed by atoms with Gasteiger partial charge in [-0.05, 0) is 0 Å². The number of nitrogens with one attached hydrogen (secondary N) is 2. The fraction of sp³-hybridized carbons (Fsp3) is 0.833. The molecule has 1 aliphatic rings. The molecule has 1 heterocycles. The molecular formula is C6H10F2N2O. The average molecular weight is 164 g/mol. The Labute approximate surface area is 63.2 Å². The van der Waals surface area contributed by atoms with E-state index in [-0.39, 0.29) is 12.6 Å². The summed E-state index contributed by atoms with van der Waals surface area (Å²) in [6.07, 6.45) is -2.48. The molecule has 2 unspecified atom stereocenters. The third-order valence-electron chi connectivity index (χ3n) is 1.82. The summed E-state index contributed by atoms with van der Waals surface area (Å²) in [6, 6.07) is -0.997. The Morgan fingerprint density at radius 2 is 2.27 bits per heavy atom. The van der Waals surface area contributed by atoms with Crippen molar-refractivity contribution in [2.45, 2.75) is 19.4 Å². The molecule has 0 saturated carbocycles. The van der Waals surface area contributed by atoms with Gasteiger partial charge in [-0.3, -0.25) is 10.1 Å². The zero-order valence-corrected chi connectivity index (χ0v) is 6.10. The van der Waals surface area contributed by atoms with Gasteiger partial charge in [-0.15, -0.1) is 0 Å². The molecule has 1 amide bonds. The van der Waals surface area contributed by atoms with E-state index in [1.165, 1.54) is 6.92 Å². The van der Waals surface area contributed by atoms with Gasteiger partial charge in [0.25, 0.3) is 6.43 Å². The lowest BCUT2D eigenvalue weighted by molar-refractivity contribution is -0.129. The first-order valence-electron chi connectivity index (χ1n) is 3.42. The Kier molecular flexibility index (Phi) is 2.38. The lowest BCUT2D eigenvalue weighted by atomic mass is 10.0. The van der Waals surface area contributed by atoms with Crippen molar-refractivity contribution in [1.82, 2.24) is 10.6 Å². The molecule has 0 bridgehead atoms. The quantitative estimate of drug-likeness (QED) is 0.569. The summed E-state index contributed by atoms with van der Waals surface area (Å²) in [5, 5.41) is 4.95. The molecule has 2 atom stereocenters. The Bertz CT molecular complexity index is 163. The minimum Gasteiger partial charge on any atom is -0.343 e. The van der Waals surface area contributed by atoms with Crippen LogP contribution >= 0.6 is 0 Å². The Morgan fingerprint density at radius 3 is 2.73 bits per heavy atom. The van der Waals surface area contributed by atoms with E-state index in [0.29, 0.717) is 0 Å². The van der Waals surface area contributed by atoms with E-state index in [9.17, 15) is 13.6 Å². The van der Waals surface area contributed by atoms with Crippen LogP contribution < -0.4 is 10.6 Å². The number of rotatable bonds is 1. The van der Waals surface area contributed by atoms with Crippen molar-refractivity contribution in [2.75, 3.05) is 6.67 Å². The molecule has 1 fully saturated rings. The van der Waals surface area contributed by atoms with E-state index < -0.39 is 18.4 Å². The summed E-state index contributed by atoms with van der Waals surface area (Å²) in [5.41, 5.74) is 0. The van der Waals surface area contributed by atoms with Gasteiger partial charge in [-0.2, -0.15) is 0 Å². The highest BCUT2D eigenvalue weighted by Crippen LogP contribution is 2.13. The summed E-state index contributed by atoms with van der Waals surface area (Å²) in [4.78, 5) is 10.8. The molecule has 2 N–H and O–H groups in total. The summed E-state index contributed by atoms with van der Waals surface area (Å²) < 4.78 is 24.2. The van der Waals surface area contributed by atoms with Crippen LogP contribution in [0.2, 0.25) is 0 Å². The smallest absolute Gasteiger partial charge is 0.254 e. The third kappa shape index (κ3) is 1.65. The average Bonchev–Trinajstić information content (AvgIpc) is 1.94. The Hall–Kier alpha value is -0.710. The van der Waals surface area contributed by atoms with Crippen LogP contribution in [0.5, 0.6) is 0 Å². The van der Waals surface area contributed by atoms with E-state index in [2.05, 4.69) is 10.6 Å². The van der Waals surface area contributed by atoms with Gasteiger partial charge in [-0.25, -0.2) is 8.78 Å². The zero-order valence-electron chi connectivity index (χ0n) is 6.10. The van der Waals surface area contributed by atoms with Crippen molar-refractivity contribution >= 4 is 5.91 Å². The maximum absolute atomic E-state index is 12.1. The molecule has 0 aromatic heterocycles. The molecule has 0 spiro atoms. The maximum atomic E-state index is 12.1. The van der Waals surface area contributed by atoms with Crippen LogP contribution in [0.15, 0.2) is 0 Å². The predicted molar refractivity (Wildman–Crippen MR) is 35.1 cm³/mol. The highest BCUT2D eigenvalue weighted by Gasteiger charge is 2.33. The molecule has 0 aromatic rings. The fourth-order valence-electron chi connectivity index (χ4n) is 1.06. The van der Waals surface area contributed by atoms with Gasteiger partial charge in [0, 0.05) is 0 Å². The second-order valence-electron chi connectivity index (χ2n) is 2.57. The van der Waals surface area contributed by atoms with Gasteiger partial charge in [0.05, 0.1) is 18.6 Å². The van der Waals surface area contributed by atoms with Crippen LogP contribution in [0, 0.1) is 5.92 Å². The molecule has 5 heteroatoms. The van der Waals surface area contributed by atoms with Crippen LogP contribution in [0.3, 0.4) is 0 Å². The highest BCUT2D eigenvalue weighted by molar-refractivity contribution is 5.79. The molecule has 0 radical (unpaired) electrons. The monoisotopic (exact) mass is 164 g/mol. The van der Waals surface area contributed by atoms with Crippen molar-refractivity contribution in [3.63, 3.8) is 0 Å². The second kappa shape index (κ2) is 3.13. The molecule has 11 heavy (non-hydrogen) atoms. The first kappa shape index (κ1) is 8.39. The van der Waals surface area contributed by atoms with E-state index in [4.69, 9.17) is 0 Å². The van der Waals surface area contributed by atoms with Gasteiger partial charge >= 0.3 is 0 Å². The van der Waals surface area contributed by atoms with Crippen LogP contribution in [-0.2, 0) is 4.79 Å². The topological polar surface area (TPSA) is 41.1 Å². The van der Waals surface area contributed by atoms with Gasteiger partial charge in [0.1, 0.15) is 0 Å². The molecule has 1 saturated heterocycles. The number of hydrogen-bond acceptors (Lipinski definition) is 2. The van der Waals surface area contributed by atoms with Gasteiger partial charge in [0.2, 0.25) is 5.91 Å². The van der Waals surface area contributed by atoms with E-state index >= 15 is 0 Å². The van der Waals surface area contributed by atoms with Crippen LogP contribution in [0.4, 0.5) is 8.78 Å². The number of alkyl halides is 2. The normalized spacial score (nSPS) is 32.2. The Balaban J connectivity index is 2.58. The molecule has 3 nitrogen and oxygen atoms in total. The molecular weight excluding hydrogens is 154 g/mol. The summed E-state index contributed by atoms with van der Waals surface area (Å²) in [7, 11) is 0. The third-order valence-corrected chi connectivity index (χ3v) is 1.82. The van der Waals surface area contributed by atoms with Crippen molar-refractivity contribution in [1.29, 1.82) is 0 Å². The van der Waals surface area contributed by atoms with Gasteiger partial charge < -0.3 is 5.32 Å². The molecule has 0 aliphatic carbocycles. The number of hydrogen-bond donors (Lipinski definition) is 2. The fourth-order valence-corrected chi connectivity index (χ4v) is 1.06. The first-order valence-corrected chi connectivity index (χ1v) is 3.42. The van der Waals surface area contributed by atoms with Crippen molar-refractivity contribution in [2.24, 2.45) is 5.92 Å². The van der Waals surface area contributed by atoms with E-state index in [1.807, 2.05) is 0 Å². The maximum Gasteiger partial charge on any atom is 0.254 e. The highest BCUT2D eigenvalue weighted by atomic mass is 19.3. The van der Waals surface area contributed by atoms with E-state index in [1.54, 1.807) is 0 Å². The second-order valence-corrected chi connectivity index (χ2v) is 2.57. The molecule has 0 aromatic carbocycles. The standard InChI is InChI=1S/C6H10F2N2O/c1-3-4(5(7)8)9-2-10-6(3)11/h3-5,9H,2H2,1H3,(H,10,11). The number of carbonyl (C=O) groups is 1. The lowest BCUT2D eigenvalue weighted by Crippen LogP contribution is -2.56. The molecule has 1 aliphatic heterocycles. The number of amides is 1. The van der Waals surface area contributed by atoms with Crippen LogP contribution in [0.1, 0.15) is 6.92 Å². The van der Waals surface area contributed by atoms with Crippen molar-refractivity contribution in [3.8, 4) is 0 Å². The Morgan fingerprint density at radius 1 is 1.64 bits per heavy atom. The first-order chi connectivity index (χ1) is 5.13. The van der Waals surface area contributed by atoms with Gasteiger partial charge in [-0.1, -0.05) is 6.92 Å². The van der Waals surface area contributed by atoms with Gasteiger partial charge in [0.15, 0.2) is 0 Å². The number of carbonyl (C=O) groups excluding carboxylic acids is 1. The van der Waals surface area contributed by atoms with Crippen LogP contribution in [-0.4, -0.2) is 25.0 Å². The molecule has 64 valence electrons. The predicted octanol–water partition coefficient (Wildman–Crippen LogP) is -0.0669. The summed E-state index contributed by atoms with van der Waals surface area (Å²) in [5.74, 6) is -0.960. The summed E-state index contributed by atoms with van der Waals surface area (Å²) >= 11 is 0. The number of halogens is 2. The minimum absolute atomic E-state index is 0.137. The zero-order chi connectivity index (χ0) is 8.43. The van der Waals surface area contributed by atoms with Crippen molar-refractivity contribution < 1.29 is 13.6 Å². The van der Waals surface area contributed by atoms with Crippen molar-refractivity contribution in [3.05, 3.63) is 0 Å². The largest absolute Gasteiger partial charge is 0.343 e. The SMILES string of the molecule is CC1C(=O)NCNC1C(F)F. The minimum atomic E-state index is -2.48.